The van der Waals surface area contributed by atoms with Crippen LogP contribution in [-0.4, -0.2) is 21.3 Å². The third-order valence-corrected chi connectivity index (χ3v) is 4.04. The van der Waals surface area contributed by atoms with Crippen molar-refractivity contribution in [3.05, 3.63) is 45.5 Å². The maximum Gasteiger partial charge on any atom is 0.130 e. The molecule has 20 heavy (non-hydrogen) atoms. The van der Waals surface area contributed by atoms with Gasteiger partial charge in [-0.2, -0.15) is 5.10 Å². The second kappa shape index (κ2) is 6.57. The highest BCUT2D eigenvalue weighted by Gasteiger charge is 2.20. The Kier molecular flexibility index (Phi) is 5.02. The predicted molar refractivity (Wildman–Crippen MR) is 82.3 cm³/mol. The molecule has 2 heterocycles. The smallest absolute Gasteiger partial charge is 0.130 e. The lowest BCUT2D eigenvalue weighted by Crippen LogP contribution is -2.24. The molecule has 0 aliphatic carbocycles. The molecule has 0 aliphatic heterocycles. The summed E-state index contributed by atoms with van der Waals surface area (Å²) in [6, 6.07) is 3.71. The summed E-state index contributed by atoms with van der Waals surface area (Å²) in [5, 5.41) is 9.08. The molecule has 2 aromatic rings. The minimum absolute atomic E-state index is 0.0223. The van der Waals surface area contributed by atoms with Gasteiger partial charge in [0.15, 0.2) is 0 Å². The highest BCUT2D eigenvalue weighted by molar-refractivity contribution is 6.31. The number of hydrogen-bond donors (Lipinski definition) is 1. The van der Waals surface area contributed by atoms with Crippen molar-refractivity contribution in [1.82, 2.24) is 20.1 Å². The van der Waals surface area contributed by atoms with E-state index in [1.807, 2.05) is 26.1 Å². The Morgan fingerprint density at radius 1 is 1.40 bits per heavy atom. The van der Waals surface area contributed by atoms with E-state index in [0.717, 1.165) is 23.5 Å². The van der Waals surface area contributed by atoms with Crippen LogP contribution in [0.25, 0.3) is 0 Å². The molecule has 0 aromatic carbocycles. The van der Waals surface area contributed by atoms with E-state index in [-0.39, 0.29) is 6.04 Å². The SMILES string of the molecule is CCNC(Cc1c(C)nn(C)c1Cl)c1ncccc1Cl. The van der Waals surface area contributed by atoms with Gasteiger partial charge >= 0.3 is 0 Å². The van der Waals surface area contributed by atoms with Gasteiger partial charge in [0, 0.05) is 18.8 Å². The lowest BCUT2D eigenvalue weighted by molar-refractivity contribution is 0.536. The van der Waals surface area contributed by atoms with Crippen molar-refractivity contribution >= 4 is 23.2 Å². The number of nitrogens with zero attached hydrogens (tertiary/aromatic N) is 3. The molecule has 0 bridgehead atoms. The molecule has 6 heteroatoms. The van der Waals surface area contributed by atoms with Crippen molar-refractivity contribution in [1.29, 1.82) is 0 Å². The summed E-state index contributed by atoms with van der Waals surface area (Å²) in [7, 11) is 1.84. The summed E-state index contributed by atoms with van der Waals surface area (Å²) < 4.78 is 1.69. The molecular weight excluding hydrogens is 295 g/mol. The molecule has 1 atom stereocenters. The molecule has 0 saturated heterocycles. The average Bonchev–Trinajstić information content (AvgIpc) is 2.65. The Labute approximate surface area is 129 Å². The fraction of sp³-hybridized carbons (Fsp3) is 0.429. The number of halogens is 2. The normalized spacial score (nSPS) is 12.7. The van der Waals surface area contributed by atoms with E-state index in [1.165, 1.54) is 0 Å². The highest BCUT2D eigenvalue weighted by Crippen LogP contribution is 2.28. The van der Waals surface area contributed by atoms with Crippen LogP contribution in [0.3, 0.4) is 0 Å². The van der Waals surface area contributed by atoms with Crippen molar-refractivity contribution in [2.24, 2.45) is 7.05 Å². The van der Waals surface area contributed by atoms with Crippen molar-refractivity contribution in [2.75, 3.05) is 6.54 Å². The van der Waals surface area contributed by atoms with Crippen LogP contribution < -0.4 is 5.32 Å². The van der Waals surface area contributed by atoms with E-state index in [1.54, 1.807) is 10.9 Å². The second-order valence-electron chi connectivity index (χ2n) is 4.66. The average molecular weight is 313 g/mol. The van der Waals surface area contributed by atoms with Crippen LogP contribution in [0.2, 0.25) is 10.2 Å². The first-order valence-corrected chi connectivity index (χ1v) is 7.32. The van der Waals surface area contributed by atoms with Crippen LogP contribution >= 0.6 is 23.2 Å². The van der Waals surface area contributed by atoms with Crippen molar-refractivity contribution < 1.29 is 0 Å². The zero-order valence-corrected chi connectivity index (χ0v) is 13.3. The summed E-state index contributed by atoms with van der Waals surface area (Å²) in [5.74, 6) is 0. The predicted octanol–water partition coefficient (Wildman–Crippen LogP) is 3.32. The van der Waals surface area contributed by atoms with Crippen LogP contribution in [0.4, 0.5) is 0 Å². The van der Waals surface area contributed by atoms with Crippen LogP contribution in [0.15, 0.2) is 18.3 Å². The Hall–Kier alpha value is -1.10. The quantitative estimate of drug-likeness (QED) is 0.921. The van der Waals surface area contributed by atoms with Gasteiger partial charge in [-0.3, -0.25) is 9.67 Å². The third kappa shape index (κ3) is 3.14. The number of aromatic nitrogens is 3. The van der Waals surface area contributed by atoms with Gasteiger partial charge in [-0.25, -0.2) is 0 Å². The largest absolute Gasteiger partial charge is 0.309 e. The van der Waals surface area contributed by atoms with E-state index in [2.05, 4.69) is 22.3 Å². The van der Waals surface area contributed by atoms with Crippen molar-refractivity contribution in [3.8, 4) is 0 Å². The molecule has 0 aliphatic rings. The van der Waals surface area contributed by atoms with Gasteiger partial charge in [0.1, 0.15) is 5.15 Å². The lowest BCUT2D eigenvalue weighted by Gasteiger charge is -2.18. The van der Waals surface area contributed by atoms with Gasteiger partial charge in [-0.15, -0.1) is 0 Å². The number of likely N-dealkylation sites (N-methyl/N-ethyl adjacent to an activating group) is 1. The van der Waals surface area contributed by atoms with E-state index < -0.39 is 0 Å². The molecule has 0 saturated carbocycles. The Bertz CT molecular complexity index is 595. The zero-order chi connectivity index (χ0) is 14.7. The van der Waals surface area contributed by atoms with Crippen LogP contribution in [-0.2, 0) is 13.5 Å². The molecule has 0 spiro atoms. The second-order valence-corrected chi connectivity index (χ2v) is 5.43. The van der Waals surface area contributed by atoms with Crippen LogP contribution in [0.5, 0.6) is 0 Å². The Morgan fingerprint density at radius 3 is 2.70 bits per heavy atom. The first kappa shape index (κ1) is 15.3. The number of rotatable bonds is 5. The molecule has 1 unspecified atom stereocenters. The summed E-state index contributed by atoms with van der Waals surface area (Å²) in [6.07, 6.45) is 2.46. The molecule has 2 rings (SSSR count). The molecular formula is C14H18Cl2N4. The lowest BCUT2D eigenvalue weighted by atomic mass is 10.0. The molecule has 2 aromatic heterocycles. The van der Waals surface area contributed by atoms with Crippen molar-refractivity contribution in [3.63, 3.8) is 0 Å². The van der Waals surface area contributed by atoms with E-state index >= 15 is 0 Å². The number of pyridine rings is 1. The fourth-order valence-corrected chi connectivity index (χ4v) is 2.78. The van der Waals surface area contributed by atoms with Gasteiger partial charge in [-0.1, -0.05) is 30.1 Å². The van der Waals surface area contributed by atoms with Crippen molar-refractivity contribution in [2.45, 2.75) is 26.3 Å². The molecule has 0 fully saturated rings. The Balaban J connectivity index is 2.33. The summed E-state index contributed by atoms with van der Waals surface area (Å²) in [5.41, 5.74) is 2.81. The third-order valence-electron chi connectivity index (χ3n) is 3.25. The first-order valence-electron chi connectivity index (χ1n) is 6.56. The summed E-state index contributed by atoms with van der Waals surface area (Å²) in [4.78, 5) is 4.39. The molecule has 4 nitrogen and oxygen atoms in total. The standard InChI is InChI=1S/C14H18Cl2N4/c1-4-17-12(13-11(15)6-5-7-18-13)8-10-9(2)19-20(3)14(10)16/h5-7,12,17H,4,8H2,1-3H3. The molecule has 0 radical (unpaired) electrons. The van der Waals surface area contributed by atoms with Crippen LogP contribution in [0, 0.1) is 6.92 Å². The fourth-order valence-electron chi connectivity index (χ4n) is 2.28. The summed E-state index contributed by atoms with van der Waals surface area (Å²) >= 11 is 12.6. The zero-order valence-electron chi connectivity index (χ0n) is 11.8. The maximum absolute atomic E-state index is 6.30. The van der Waals surface area contributed by atoms with Gasteiger partial charge in [0.05, 0.1) is 22.5 Å². The van der Waals surface area contributed by atoms with Crippen LogP contribution in [0.1, 0.15) is 29.9 Å². The number of aryl methyl sites for hydroxylation is 2. The minimum Gasteiger partial charge on any atom is -0.309 e. The Morgan fingerprint density at radius 2 is 2.15 bits per heavy atom. The van der Waals surface area contributed by atoms with E-state index in [0.29, 0.717) is 16.6 Å². The maximum atomic E-state index is 6.30. The highest BCUT2D eigenvalue weighted by atomic mass is 35.5. The van der Waals surface area contributed by atoms with Gasteiger partial charge in [0.25, 0.3) is 0 Å². The van der Waals surface area contributed by atoms with Gasteiger partial charge in [0.2, 0.25) is 0 Å². The summed E-state index contributed by atoms with van der Waals surface area (Å²) in [6.45, 7) is 4.85. The molecule has 108 valence electrons. The van der Waals surface area contributed by atoms with Gasteiger partial charge in [-0.05, 0) is 32.0 Å². The van der Waals surface area contributed by atoms with Gasteiger partial charge < -0.3 is 5.32 Å². The molecule has 1 N–H and O–H groups in total. The number of nitrogens with one attached hydrogen (secondary N) is 1. The minimum atomic E-state index is 0.0223. The number of hydrogen-bond acceptors (Lipinski definition) is 3. The monoisotopic (exact) mass is 312 g/mol. The topological polar surface area (TPSA) is 42.7 Å². The van der Waals surface area contributed by atoms with E-state index in [9.17, 15) is 0 Å². The first-order chi connectivity index (χ1) is 9.54. The van der Waals surface area contributed by atoms with E-state index in [4.69, 9.17) is 23.2 Å². The molecule has 0 amide bonds.